The number of benzene rings is 1. The van der Waals surface area contributed by atoms with E-state index < -0.39 is 0 Å². The minimum atomic E-state index is -0.373. The highest BCUT2D eigenvalue weighted by Crippen LogP contribution is 2.24. The summed E-state index contributed by atoms with van der Waals surface area (Å²) in [6.45, 7) is 2.00. The predicted octanol–water partition coefficient (Wildman–Crippen LogP) is 2.57. The lowest BCUT2D eigenvalue weighted by Gasteiger charge is -1.97. The lowest BCUT2D eigenvalue weighted by atomic mass is 10.2. The number of hydrogen-bond donors (Lipinski definition) is 1. The Balaban J connectivity index is 2.09. The van der Waals surface area contributed by atoms with Crippen molar-refractivity contribution in [3.8, 4) is 11.4 Å². The zero-order chi connectivity index (χ0) is 14.1. The van der Waals surface area contributed by atoms with Crippen molar-refractivity contribution in [3.05, 3.63) is 35.7 Å². The third-order valence-electron chi connectivity index (χ3n) is 3.14. The van der Waals surface area contributed by atoms with E-state index in [2.05, 4.69) is 15.1 Å². The molecule has 0 bridgehead atoms. The van der Waals surface area contributed by atoms with E-state index in [1.165, 1.54) is 7.11 Å². The van der Waals surface area contributed by atoms with E-state index in [1.54, 1.807) is 24.5 Å². The number of H-pyrrole nitrogens is 1. The van der Waals surface area contributed by atoms with Crippen LogP contribution in [0.15, 0.2) is 29.0 Å². The first-order chi connectivity index (χ1) is 9.72. The summed E-state index contributed by atoms with van der Waals surface area (Å²) in [6.07, 6.45) is 2.33. The van der Waals surface area contributed by atoms with Gasteiger partial charge in [0.2, 0.25) is 0 Å². The maximum atomic E-state index is 11.5. The Labute approximate surface area is 114 Å². The Morgan fingerprint density at radius 3 is 3.05 bits per heavy atom. The van der Waals surface area contributed by atoms with Gasteiger partial charge in [-0.25, -0.2) is 9.78 Å². The van der Waals surface area contributed by atoms with Crippen LogP contribution in [-0.2, 0) is 11.2 Å². The normalized spacial score (nSPS) is 10.9. The molecule has 0 radical (unpaired) electrons. The molecule has 2 aromatic heterocycles. The van der Waals surface area contributed by atoms with Crippen molar-refractivity contribution in [3.63, 3.8) is 0 Å². The molecule has 0 fully saturated rings. The number of carbonyl (C=O) groups excluding carboxylic acids is 1. The summed E-state index contributed by atoms with van der Waals surface area (Å²) in [5, 5.41) is 3.93. The molecule has 0 spiro atoms. The fourth-order valence-corrected chi connectivity index (χ4v) is 2.09. The van der Waals surface area contributed by atoms with Crippen LogP contribution in [-0.4, -0.2) is 28.2 Å². The Morgan fingerprint density at radius 2 is 2.30 bits per heavy atom. The Morgan fingerprint density at radius 1 is 1.45 bits per heavy atom. The van der Waals surface area contributed by atoms with Crippen LogP contribution in [0.25, 0.3) is 22.4 Å². The first-order valence-electron chi connectivity index (χ1n) is 6.24. The predicted molar refractivity (Wildman–Crippen MR) is 72.3 cm³/mol. The summed E-state index contributed by atoms with van der Waals surface area (Å²) < 4.78 is 9.68. The van der Waals surface area contributed by atoms with Crippen LogP contribution in [0.2, 0.25) is 0 Å². The molecule has 1 aromatic carbocycles. The molecule has 102 valence electrons. The van der Waals surface area contributed by atoms with Gasteiger partial charge in [0.1, 0.15) is 12.1 Å². The molecule has 3 aromatic rings. The third kappa shape index (κ3) is 1.95. The molecule has 6 nitrogen and oxygen atoms in total. The number of aryl methyl sites for hydroxylation is 1. The average Bonchev–Trinajstić information content (AvgIpc) is 3.10. The monoisotopic (exact) mass is 271 g/mol. The molecule has 0 aliphatic carbocycles. The first-order valence-corrected chi connectivity index (χ1v) is 6.24. The first kappa shape index (κ1) is 12.4. The van der Waals surface area contributed by atoms with E-state index in [0.29, 0.717) is 11.4 Å². The number of methoxy groups -OCH3 is 1. The molecule has 0 saturated heterocycles. The minimum Gasteiger partial charge on any atom is -0.465 e. The fraction of sp³-hybridized carbons (Fsp3) is 0.214. The largest absolute Gasteiger partial charge is 0.465 e. The van der Waals surface area contributed by atoms with Gasteiger partial charge in [0.25, 0.3) is 0 Å². The summed E-state index contributed by atoms with van der Waals surface area (Å²) in [5.74, 6) is 0.308. The number of nitrogens with one attached hydrogen (secondary N) is 1. The van der Waals surface area contributed by atoms with Crippen LogP contribution in [0.3, 0.4) is 0 Å². The average molecular weight is 271 g/mol. The second-order valence-corrected chi connectivity index (χ2v) is 4.34. The second kappa shape index (κ2) is 4.80. The molecule has 0 unspecified atom stereocenters. The van der Waals surface area contributed by atoms with Gasteiger partial charge in [-0.3, -0.25) is 0 Å². The van der Waals surface area contributed by atoms with Crippen molar-refractivity contribution in [1.82, 2.24) is 15.1 Å². The van der Waals surface area contributed by atoms with E-state index >= 15 is 0 Å². The third-order valence-corrected chi connectivity index (χ3v) is 3.14. The highest BCUT2D eigenvalue weighted by Gasteiger charge is 2.14. The molecule has 0 saturated carbocycles. The van der Waals surface area contributed by atoms with E-state index in [0.717, 1.165) is 28.7 Å². The van der Waals surface area contributed by atoms with Crippen molar-refractivity contribution in [2.24, 2.45) is 0 Å². The van der Waals surface area contributed by atoms with Gasteiger partial charge in [-0.15, -0.1) is 0 Å². The van der Waals surface area contributed by atoms with Crippen molar-refractivity contribution in [1.29, 1.82) is 0 Å². The second-order valence-electron chi connectivity index (χ2n) is 4.34. The van der Waals surface area contributed by atoms with Gasteiger partial charge in [-0.2, -0.15) is 0 Å². The lowest BCUT2D eigenvalue weighted by Crippen LogP contribution is -2.00. The number of aromatic amines is 1. The highest BCUT2D eigenvalue weighted by molar-refractivity contribution is 5.94. The number of esters is 1. The molecule has 20 heavy (non-hydrogen) atoms. The van der Waals surface area contributed by atoms with Crippen LogP contribution >= 0.6 is 0 Å². The zero-order valence-electron chi connectivity index (χ0n) is 11.1. The summed E-state index contributed by atoms with van der Waals surface area (Å²) in [4.78, 5) is 19.2. The number of rotatable bonds is 3. The Kier molecular flexibility index (Phi) is 2.98. The van der Waals surface area contributed by atoms with Crippen molar-refractivity contribution in [2.75, 3.05) is 7.11 Å². The molecule has 6 heteroatoms. The summed E-state index contributed by atoms with van der Waals surface area (Å²) >= 11 is 0. The summed E-state index contributed by atoms with van der Waals surface area (Å²) in [5.41, 5.74) is 3.71. The zero-order valence-corrected chi connectivity index (χ0v) is 11.1. The molecular formula is C14H13N3O3. The van der Waals surface area contributed by atoms with Crippen LogP contribution in [0, 0.1) is 0 Å². The van der Waals surface area contributed by atoms with Gasteiger partial charge in [-0.1, -0.05) is 12.1 Å². The van der Waals surface area contributed by atoms with Crippen LogP contribution in [0.4, 0.5) is 0 Å². The van der Waals surface area contributed by atoms with Gasteiger partial charge >= 0.3 is 5.97 Å². The van der Waals surface area contributed by atoms with Crippen molar-refractivity contribution >= 4 is 17.0 Å². The van der Waals surface area contributed by atoms with E-state index in [4.69, 9.17) is 9.26 Å². The smallest absolute Gasteiger partial charge is 0.337 e. The number of imidazole rings is 1. The van der Waals surface area contributed by atoms with Gasteiger partial charge in [-0.05, 0) is 24.6 Å². The van der Waals surface area contributed by atoms with Crippen LogP contribution in [0.1, 0.15) is 23.0 Å². The fourth-order valence-electron chi connectivity index (χ4n) is 2.09. The number of ether oxygens (including phenoxy) is 1. The van der Waals surface area contributed by atoms with Gasteiger partial charge in [0.05, 0.1) is 35.0 Å². The van der Waals surface area contributed by atoms with Crippen molar-refractivity contribution < 1.29 is 14.1 Å². The molecule has 0 aliphatic rings. The highest BCUT2D eigenvalue weighted by atomic mass is 16.5. The van der Waals surface area contributed by atoms with Crippen LogP contribution in [0.5, 0.6) is 0 Å². The molecule has 0 atom stereocenters. The lowest BCUT2D eigenvalue weighted by molar-refractivity contribution is 0.0601. The molecule has 0 aliphatic heterocycles. The van der Waals surface area contributed by atoms with Gasteiger partial charge in [0.15, 0.2) is 0 Å². The SMILES string of the molecule is CCc1nocc1-c1nc2ccc(C(=O)OC)cc2[nH]1. The van der Waals surface area contributed by atoms with Crippen molar-refractivity contribution in [2.45, 2.75) is 13.3 Å². The molecule has 0 amide bonds. The van der Waals surface area contributed by atoms with E-state index in [1.807, 2.05) is 6.92 Å². The number of aromatic nitrogens is 3. The van der Waals surface area contributed by atoms with Gasteiger partial charge < -0.3 is 14.2 Å². The standard InChI is InChI=1S/C14H13N3O3/c1-3-10-9(7-20-17-10)13-15-11-5-4-8(14(18)19-2)6-12(11)16-13/h4-7H,3H2,1-2H3,(H,15,16). The Hall–Kier alpha value is -2.63. The van der Waals surface area contributed by atoms with E-state index in [-0.39, 0.29) is 5.97 Å². The number of fused-ring (bicyclic) bond motifs is 1. The van der Waals surface area contributed by atoms with Gasteiger partial charge in [0, 0.05) is 0 Å². The number of carbonyl (C=O) groups is 1. The summed E-state index contributed by atoms with van der Waals surface area (Å²) in [7, 11) is 1.36. The Bertz CT molecular complexity index is 773. The molecular weight excluding hydrogens is 258 g/mol. The topological polar surface area (TPSA) is 81.0 Å². The quantitative estimate of drug-likeness (QED) is 0.740. The van der Waals surface area contributed by atoms with E-state index in [9.17, 15) is 4.79 Å². The van der Waals surface area contributed by atoms with Crippen LogP contribution < -0.4 is 0 Å². The maximum Gasteiger partial charge on any atom is 0.337 e. The maximum absolute atomic E-state index is 11.5. The number of nitrogens with zero attached hydrogens (tertiary/aromatic N) is 2. The molecule has 3 rings (SSSR count). The number of hydrogen-bond acceptors (Lipinski definition) is 5. The minimum absolute atomic E-state index is 0.373. The molecule has 2 heterocycles. The molecule has 1 N–H and O–H groups in total. The summed E-state index contributed by atoms with van der Waals surface area (Å²) in [6, 6.07) is 5.19.